The molecule has 0 unspecified atom stereocenters. The van der Waals surface area contributed by atoms with Crippen molar-refractivity contribution in [2.45, 2.75) is 58.3 Å². The number of nitrogens with one attached hydrogen (secondary N) is 2. The Morgan fingerprint density at radius 3 is 2.90 bits per heavy atom. The van der Waals surface area contributed by atoms with Gasteiger partial charge in [-0.2, -0.15) is 10.1 Å². The molecule has 0 aromatic carbocycles. The predicted molar refractivity (Wildman–Crippen MR) is 87.5 cm³/mol. The van der Waals surface area contributed by atoms with Gasteiger partial charge in [-0.05, 0) is 38.5 Å². The van der Waals surface area contributed by atoms with Gasteiger partial charge in [0.05, 0.1) is 6.20 Å². The molecule has 0 spiro atoms. The summed E-state index contributed by atoms with van der Waals surface area (Å²) in [6, 6.07) is 0. The molecule has 1 aliphatic rings. The Balaban J connectivity index is 1.71. The van der Waals surface area contributed by atoms with Crippen molar-refractivity contribution >= 4 is 11.8 Å². The summed E-state index contributed by atoms with van der Waals surface area (Å²) in [5.41, 5.74) is 1.58. The Morgan fingerprint density at radius 2 is 2.10 bits per heavy atom. The minimum atomic E-state index is 0.619. The lowest BCUT2D eigenvalue weighted by Gasteiger charge is -2.13. The molecule has 1 heterocycles. The number of unbranched alkanes of at least 4 members (excludes halogenated alkanes) is 2. The maximum absolute atomic E-state index is 4.44. The van der Waals surface area contributed by atoms with Crippen LogP contribution >= 0.6 is 0 Å². The van der Waals surface area contributed by atoms with Gasteiger partial charge in [0.25, 0.3) is 0 Å². The summed E-state index contributed by atoms with van der Waals surface area (Å²) in [5, 5.41) is 14.6. The maximum atomic E-state index is 4.44. The average Bonchev–Trinajstić information content (AvgIpc) is 2.53. The van der Waals surface area contributed by atoms with Crippen LogP contribution in [0.15, 0.2) is 17.8 Å². The van der Waals surface area contributed by atoms with E-state index in [4.69, 9.17) is 0 Å². The Labute approximate surface area is 127 Å². The summed E-state index contributed by atoms with van der Waals surface area (Å²) in [4.78, 5) is 4.44. The molecule has 1 aromatic heterocycles. The van der Waals surface area contributed by atoms with E-state index in [1.807, 2.05) is 0 Å². The van der Waals surface area contributed by atoms with Crippen LogP contribution in [0.5, 0.6) is 0 Å². The van der Waals surface area contributed by atoms with E-state index in [0.717, 1.165) is 31.7 Å². The second-order valence-electron chi connectivity index (χ2n) is 5.58. The molecule has 116 valence electrons. The Hall–Kier alpha value is -1.65. The van der Waals surface area contributed by atoms with Crippen molar-refractivity contribution in [3.05, 3.63) is 17.8 Å². The number of hydrogen-bond donors (Lipinski definition) is 2. The lowest BCUT2D eigenvalue weighted by Crippen LogP contribution is -2.10. The summed E-state index contributed by atoms with van der Waals surface area (Å²) in [7, 11) is 0. The quantitative estimate of drug-likeness (QED) is 0.535. The van der Waals surface area contributed by atoms with Gasteiger partial charge in [0, 0.05) is 13.1 Å². The van der Waals surface area contributed by atoms with Crippen LogP contribution in [0.3, 0.4) is 0 Å². The van der Waals surface area contributed by atoms with Gasteiger partial charge in [0.1, 0.15) is 0 Å². The molecule has 2 N–H and O–H groups in total. The van der Waals surface area contributed by atoms with E-state index in [2.05, 4.69) is 38.8 Å². The summed E-state index contributed by atoms with van der Waals surface area (Å²) >= 11 is 0. The van der Waals surface area contributed by atoms with Crippen molar-refractivity contribution in [1.29, 1.82) is 0 Å². The summed E-state index contributed by atoms with van der Waals surface area (Å²) < 4.78 is 0. The van der Waals surface area contributed by atoms with E-state index in [1.54, 1.807) is 11.8 Å². The lowest BCUT2D eigenvalue weighted by molar-refractivity contribution is 0.679. The first-order valence-corrected chi connectivity index (χ1v) is 8.24. The molecule has 0 saturated carbocycles. The molecule has 2 rings (SSSR count). The average molecular weight is 289 g/mol. The highest BCUT2D eigenvalue weighted by Gasteiger charge is 2.04. The molecule has 0 fully saturated rings. The van der Waals surface area contributed by atoms with E-state index in [-0.39, 0.29) is 0 Å². The predicted octanol–water partition coefficient (Wildman–Crippen LogP) is 3.78. The highest BCUT2D eigenvalue weighted by molar-refractivity contribution is 5.36. The van der Waals surface area contributed by atoms with E-state index < -0.39 is 0 Å². The van der Waals surface area contributed by atoms with Crippen LogP contribution in [0.25, 0.3) is 0 Å². The van der Waals surface area contributed by atoms with Crippen LogP contribution < -0.4 is 10.6 Å². The highest BCUT2D eigenvalue weighted by atomic mass is 15.3. The fourth-order valence-corrected chi connectivity index (χ4v) is 2.52. The van der Waals surface area contributed by atoms with Crippen molar-refractivity contribution in [2.75, 3.05) is 23.7 Å². The number of aromatic nitrogens is 3. The lowest BCUT2D eigenvalue weighted by atomic mass is 9.97. The summed E-state index contributed by atoms with van der Waals surface area (Å²) in [5.74, 6) is 1.42. The Bertz CT molecular complexity index is 444. The number of hydrogen-bond acceptors (Lipinski definition) is 5. The van der Waals surface area contributed by atoms with Gasteiger partial charge in [-0.1, -0.05) is 31.4 Å². The van der Waals surface area contributed by atoms with Gasteiger partial charge in [-0.15, -0.1) is 5.10 Å². The van der Waals surface area contributed by atoms with Crippen molar-refractivity contribution in [3.63, 3.8) is 0 Å². The Kier molecular flexibility index (Phi) is 6.98. The second-order valence-corrected chi connectivity index (χ2v) is 5.58. The van der Waals surface area contributed by atoms with Gasteiger partial charge < -0.3 is 10.6 Å². The molecule has 0 atom stereocenters. The summed E-state index contributed by atoms with van der Waals surface area (Å²) in [6.07, 6.45) is 14.0. The van der Waals surface area contributed by atoms with Crippen LogP contribution in [0.1, 0.15) is 58.3 Å². The third-order valence-corrected chi connectivity index (χ3v) is 3.76. The standard InChI is InChI=1S/C16H27N5/c1-2-3-7-11-18-16-20-15(13-19-21-16)17-12-10-14-8-5-4-6-9-14/h8,13H,2-7,9-12H2,1H3,(H2,17,18,20,21). The first-order valence-electron chi connectivity index (χ1n) is 8.24. The first kappa shape index (κ1) is 15.7. The van der Waals surface area contributed by atoms with Gasteiger partial charge in [0.15, 0.2) is 5.82 Å². The van der Waals surface area contributed by atoms with E-state index in [9.17, 15) is 0 Å². The molecule has 0 bridgehead atoms. The third-order valence-electron chi connectivity index (χ3n) is 3.76. The molecule has 0 saturated heterocycles. The molecule has 21 heavy (non-hydrogen) atoms. The van der Waals surface area contributed by atoms with E-state index in [0.29, 0.717) is 5.95 Å². The van der Waals surface area contributed by atoms with E-state index in [1.165, 1.54) is 38.5 Å². The maximum Gasteiger partial charge on any atom is 0.244 e. The van der Waals surface area contributed by atoms with E-state index >= 15 is 0 Å². The van der Waals surface area contributed by atoms with Gasteiger partial charge in [0.2, 0.25) is 5.95 Å². The van der Waals surface area contributed by atoms with Crippen molar-refractivity contribution in [2.24, 2.45) is 0 Å². The zero-order chi connectivity index (χ0) is 14.8. The zero-order valence-corrected chi connectivity index (χ0v) is 13.1. The monoisotopic (exact) mass is 289 g/mol. The molecule has 0 amide bonds. The smallest absolute Gasteiger partial charge is 0.244 e. The molecular formula is C16H27N5. The molecule has 0 aliphatic heterocycles. The third kappa shape index (κ3) is 6.10. The minimum absolute atomic E-state index is 0.619. The molecule has 5 heteroatoms. The first-order chi connectivity index (χ1) is 10.4. The fourth-order valence-electron chi connectivity index (χ4n) is 2.52. The number of anilines is 2. The molecular weight excluding hydrogens is 262 g/mol. The number of nitrogens with zero attached hydrogens (tertiary/aromatic N) is 3. The van der Waals surface area contributed by atoms with Crippen LogP contribution in [0.4, 0.5) is 11.8 Å². The van der Waals surface area contributed by atoms with Crippen molar-refractivity contribution in [1.82, 2.24) is 15.2 Å². The van der Waals surface area contributed by atoms with Crippen LogP contribution in [0, 0.1) is 0 Å². The van der Waals surface area contributed by atoms with Gasteiger partial charge in [-0.3, -0.25) is 0 Å². The Morgan fingerprint density at radius 1 is 1.14 bits per heavy atom. The van der Waals surface area contributed by atoms with Crippen LogP contribution in [-0.4, -0.2) is 28.3 Å². The number of rotatable bonds is 9. The van der Waals surface area contributed by atoms with Gasteiger partial charge in [-0.25, -0.2) is 0 Å². The largest absolute Gasteiger partial charge is 0.368 e. The molecule has 0 radical (unpaired) electrons. The van der Waals surface area contributed by atoms with Crippen LogP contribution in [0.2, 0.25) is 0 Å². The zero-order valence-electron chi connectivity index (χ0n) is 13.1. The molecule has 5 nitrogen and oxygen atoms in total. The minimum Gasteiger partial charge on any atom is -0.368 e. The molecule has 1 aliphatic carbocycles. The normalized spacial score (nSPS) is 14.6. The summed E-state index contributed by atoms with van der Waals surface area (Å²) in [6.45, 7) is 4.02. The SMILES string of the molecule is CCCCCNc1nncc(NCCC2=CCCCC2)n1. The number of allylic oxidation sites excluding steroid dienone is 1. The fraction of sp³-hybridized carbons (Fsp3) is 0.688. The van der Waals surface area contributed by atoms with Crippen molar-refractivity contribution in [3.8, 4) is 0 Å². The van der Waals surface area contributed by atoms with Crippen LogP contribution in [-0.2, 0) is 0 Å². The second kappa shape index (κ2) is 9.32. The topological polar surface area (TPSA) is 62.7 Å². The highest BCUT2D eigenvalue weighted by Crippen LogP contribution is 2.19. The van der Waals surface area contributed by atoms with Gasteiger partial charge >= 0.3 is 0 Å². The molecule has 1 aromatic rings. The van der Waals surface area contributed by atoms with Crippen molar-refractivity contribution < 1.29 is 0 Å².